The van der Waals surface area contributed by atoms with Crippen LogP contribution in [0.5, 0.6) is 5.75 Å². The lowest BCUT2D eigenvalue weighted by molar-refractivity contribution is -0.141. The Balaban J connectivity index is 1.35. The number of ether oxygens (including phenoxy) is 2. The summed E-state index contributed by atoms with van der Waals surface area (Å²) in [6, 6.07) is 23.2. The Bertz CT molecular complexity index is 1390. The van der Waals surface area contributed by atoms with Gasteiger partial charge in [-0.05, 0) is 59.4 Å². The number of nitrogens with zero attached hydrogens (tertiary/aromatic N) is 2. The van der Waals surface area contributed by atoms with Gasteiger partial charge in [0, 0.05) is 23.2 Å². The van der Waals surface area contributed by atoms with Crippen LogP contribution in [0.1, 0.15) is 70.9 Å². The van der Waals surface area contributed by atoms with Gasteiger partial charge in [0.1, 0.15) is 11.8 Å². The van der Waals surface area contributed by atoms with E-state index in [4.69, 9.17) is 14.0 Å². The van der Waals surface area contributed by atoms with E-state index < -0.39 is 6.04 Å². The molecule has 4 aromatic rings. The van der Waals surface area contributed by atoms with Crippen molar-refractivity contribution in [2.24, 2.45) is 0 Å². The quantitative estimate of drug-likeness (QED) is 0.121. The van der Waals surface area contributed by atoms with Gasteiger partial charge in [-0.3, -0.25) is 0 Å². The molecule has 0 fully saturated rings. The van der Waals surface area contributed by atoms with Gasteiger partial charge in [-0.1, -0.05) is 94.9 Å². The molecule has 0 aliphatic heterocycles. The first kappa shape index (κ1) is 30.8. The van der Waals surface area contributed by atoms with Crippen LogP contribution in [0.15, 0.2) is 77.3 Å². The van der Waals surface area contributed by atoms with Crippen LogP contribution in [0.2, 0.25) is 0 Å². The summed E-state index contributed by atoms with van der Waals surface area (Å²) in [4.78, 5) is 17.2. The maximum absolute atomic E-state index is 12.6. The van der Waals surface area contributed by atoms with Crippen molar-refractivity contribution in [3.8, 4) is 28.6 Å². The molecule has 1 N–H and O–H groups in total. The number of rotatable bonds is 14. The zero-order valence-electron chi connectivity index (χ0n) is 25.5. The number of nitrogens with one attached hydrogen (secondary N) is 1. The number of carbonyl (C=O) groups is 1. The summed E-state index contributed by atoms with van der Waals surface area (Å²) in [6.45, 7) is 9.48. The first-order valence-electron chi connectivity index (χ1n) is 14.9. The van der Waals surface area contributed by atoms with Gasteiger partial charge in [0.25, 0.3) is 5.89 Å². The average Bonchev–Trinajstić information content (AvgIpc) is 3.49. The standard InChI is InChI=1S/C35H43N3O4/c1-6-7-8-9-10-23-41-30-21-15-27(16-22-30)33-37-32(38-42-33)26-13-11-25(12-14-26)24-31(34(39)40-5)36-29-19-17-28(18-20-29)35(2,3)4/h11-22,31,36H,6-10,23-24H2,1-5H3. The van der Waals surface area contributed by atoms with Gasteiger partial charge in [0.05, 0.1) is 13.7 Å². The third-order valence-electron chi connectivity index (χ3n) is 7.27. The van der Waals surface area contributed by atoms with Crippen molar-refractivity contribution in [3.63, 3.8) is 0 Å². The molecule has 7 heteroatoms. The molecule has 0 saturated heterocycles. The minimum Gasteiger partial charge on any atom is -0.494 e. The normalized spacial score (nSPS) is 12.1. The van der Waals surface area contributed by atoms with Gasteiger partial charge in [0.15, 0.2) is 0 Å². The molecular formula is C35H43N3O4. The van der Waals surface area contributed by atoms with Crippen molar-refractivity contribution in [2.45, 2.75) is 77.7 Å². The Morgan fingerprint density at radius 2 is 1.55 bits per heavy atom. The minimum atomic E-state index is -0.522. The first-order chi connectivity index (χ1) is 20.3. The molecule has 0 saturated carbocycles. The van der Waals surface area contributed by atoms with E-state index >= 15 is 0 Å². The van der Waals surface area contributed by atoms with E-state index in [-0.39, 0.29) is 11.4 Å². The number of hydrogen-bond acceptors (Lipinski definition) is 7. The lowest BCUT2D eigenvalue weighted by atomic mass is 9.87. The van der Waals surface area contributed by atoms with Crippen LogP contribution in [0.25, 0.3) is 22.8 Å². The number of esters is 1. The minimum absolute atomic E-state index is 0.0635. The smallest absolute Gasteiger partial charge is 0.328 e. The monoisotopic (exact) mass is 569 g/mol. The molecule has 0 bridgehead atoms. The number of benzene rings is 3. The third-order valence-corrected chi connectivity index (χ3v) is 7.27. The zero-order chi connectivity index (χ0) is 30.0. The van der Waals surface area contributed by atoms with Crippen molar-refractivity contribution in [2.75, 3.05) is 19.0 Å². The number of anilines is 1. The van der Waals surface area contributed by atoms with Crippen molar-refractivity contribution < 1.29 is 18.8 Å². The predicted molar refractivity (Wildman–Crippen MR) is 168 cm³/mol. The lowest BCUT2D eigenvalue weighted by Gasteiger charge is -2.21. The molecule has 0 aliphatic carbocycles. The van der Waals surface area contributed by atoms with Gasteiger partial charge in [-0.15, -0.1) is 0 Å². The molecule has 7 nitrogen and oxygen atoms in total. The van der Waals surface area contributed by atoms with Gasteiger partial charge in [0.2, 0.25) is 5.82 Å². The van der Waals surface area contributed by atoms with Crippen LogP contribution < -0.4 is 10.1 Å². The molecule has 1 atom stereocenters. The molecule has 0 radical (unpaired) electrons. The molecular weight excluding hydrogens is 526 g/mol. The van der Waals surface area contributed by atoms with E-state index in [0.717, 1.165) is 41.2 Å². The summed E-state index contributed by atoms with van der Waals surface area (Å²) in [5, 5.41) is 7.51. The highest BCUT2D eigenvalue weighted by molar-refractivity contribution is 5.79. The van der Waals surface area contributed by atoms with Crippen LogP contribution in [0.3, 0.4) is 0 Å². The molecule has 1 heterocycles. The van der Waals surface area contributed by atoms with Crippen molar-refractivity contribution in [1.82, 2.24) is 10.1 Å². The molecule has 1 unspecified atom stereocenters. The fourth-order valence-electron chi connectivity index (χ4n) is 4.68. The van der Waals surface area contributed by atoms with Crippen LogP contribution in [-0.4, -0.2) is 35.9 Å². The van der Waals surface area contributed by atoms with E-state index in [1.54, 1.807) is 0 Å². The van der Waals surface area contributed by atoms with E-state index in [1.165, 1.54) is 38.4 Å². The van der Waals surface area contributed by atoms with E-state index in [0.29, 0.717) is 18.1 Å². The number of carbonyl (C=O) groups excluding carboxylic acids is 1. The Hall–Kier alpha value is -4.13. The Morgan fingerprint density at radius 3 is 2.19 bits per heavy atom. The number of methoxy groups -OCH3 is 1. The van der Waals surface area contributed by atoms with Crippen LogP contribution in [0.4, 0.5) is 5.69 Å². The second kappa shape index (κ2) is 14.7. The number of hydrogen-bond donors (Lipinski definition) is 1. The molecule has 3 aromatic carbocycles. The van der Waals surface area contributed by atoms with Crippen LogP contribution in [-0.2, 0) is 21.4 Å². The Kier molecular flexibility index (Phi) is 10.8. The molecule has 42 heavy (non-hydrogen) atoms. The van der Waals surface area contributed by atoms with Crippen LogP contribution in [0, 0.1) is 0 Å². The molecule has 4 rings (SSSR count). The van der Waals surface area contributed by atoms with Crippen molar-refractivity contribution >= 4 is 11.7 Å². The molecule has 222 valence electrons. The largest absolute Gasteiger partial charge is 0.494 e. The summed E-state index contributed by atoms with van der Waals surface area (Å²) in [5.74, 6) is 1.48. The molecule has 0 spiro atoms. The SMILES string of the molecule is CCCCCCCOc1ccc(-c2nc(-c3ccc(CC(Nc4ccc(C(C)(C)C)cc4)C(=O)OC)cc3)no2)cc1. The molecule has 1 aromatic heterocycles. The summed E-state index contributed by atoms with van der Waals surface area (Å²) in [7, 11) is 1.41. The van der Waals surface area contributed by atoms with Gasteiger partial charge in [-0.25, -0.2) is 4.79 Å². The van der Waals surface area contributed by atoms with Gasteiger partial charge >= 0.3 is 5.97 Å². The highest BCUT2D eigenvalue weighted by atomic mass is 16.5. The maximum atomic E-state index is 12.6. The van der Waals surface area contributed by atoms with Crippen molar-refractivity contribution in [3.05, 3.63) is 83.9 Å². The summed E-state index contributed by atoms with van der Waals surface area (Å²) >= 11 is 0. The van der Waals surface area contributed by atoms with E-state index in [1.807, 2.05) is 60.7 Å². The molecule has 0 amide bonds. The highest BCUT2D eigenvalue weighted by Gasteiger charge is 2.21. The van der Waals surface area contributed by atoms with Crippen LogP contribution >= 0.6 is 0 Å². The van der Waals surface area contributed by atoms with E-state index in [9.17, 15) is 4.79 Å². The lowest BCUT2D eigenvalue weighted by Crippen LogP contribution is -2.32. The second-order valence-electron chi connectivity index (χ2n) is 11.7. The summed E-state index contributed by atoms with van der Waals surface area (Å²) in [5.41, 5.74) is 4.82. The topological polar surface area (TPSA) is 86.5 Å². The fourth-order valence-corrected chi connectivity index (χ4v) is 4.68. The average molecular weight is 570 g/mol. The Morgan fingerprint density at radius 1 is 0.881 bits per heavy atom. The fraction of sp³-hybridized carbons (Fsp3) is 0.400. The Labute approximate surface area is 249 Å². The first-order valence-corrected chi connectivity index (χ1v) is 14.9. The van der Waals surface area contributed by atoms with Crippen molar-refractivity contribution in [1.29, 1.82) is 0 Å². The molecule has 0 aliphatic rings. The predicted octanol–water partition coefficient (Wildman–Crippen LogP) is 8.25. The summed E-state index contributed by atoms with van der Waals surface area (Å²) < 4.78 is 16.5. The zero-order valence-corrected chi connectivity index (χ0v) is 25.5. The van der Waals surface area contributed by atoms with E-state index in [2.05, 4.69) is 55.3 Å². The number of aromatic nitrogens is 2. The second-order valence-corrected chi connectivity index (χ2v) is 11.7. The maximum Gasteiger partial charge on any atom is 0.328 e. The van der Waals surface area contributed by atoms with Gasteiger partial charge in [-0.2, -0.15) is 4.98 Å². The number of unbranched alkanes of at least 4 members (excludes halogenated alkanes) is 4. The van der Waals surface area contributed by atoms with Gasteiger partial charge < -0.3 is 19.3 Å². The third kappa shape index (κ3) is 8.68. The summed E-state index contributed by atoms with van der Waals surface area (Å²) in [6.07, 6.45) is 6.53. The highest BCUT2D eigenvalue weighted by Crippen LogP contribution is 2.26.